The largest absolute Gasteiger partial charge is 0.497 e. The molecule has 1 N–H and O–H groups in total. The third-order valence-corrected chi connectivity index (χ3v) is 6.26. The summed E-state index contributed by atoms with van der Waals surface area (Å²) in [6.45, 7) is 2.97. The standard InChI is InChI=1S/C26H26FNO3/c1-26(20-6-3-18(4-7-20)5-14-25(29)30)24-13-12-23(31-2)17-19(24)15-16-28(26)22-10-8-21(27)9-11-22/h3-4,6-13,17H,5,14-16H2,1-2H3,(H,29,30). The van der Waals surface area contributed by atoms with Crippen LogP contribution in [0.3, 0.4) is 0 Å². The van der Waals surface area contributed by atoms with Gasteiger partial charge in [-0.1, -0.05) is 30.3 Å². The van der Waals surface area contributed by atoms with Crippen LogP contribution in [0.4, 0.5) is 10.1 Å². The molecule has 160 valence electrons. The number of carbonyl (C=O) groups is 1. The molecular formula is C26H26FNO3. The lowest BCUT2D eigenvalue weighted by atomic mass is 9.76. The van der Waals surface area contributed by atoms with Gasteiger partial charge in [0.1, 0.15) is 11.6 Å². The highest BCUT2D eigenvalue weighted by atomic mass is 19.1. The molecule has 5 heteroatoms. The number of aryl methyl sites for hydroxylation is 1. The minimum absolute atomic E-state index is 0.112. The van der Waals surface area contributed by atoms with E-state index in [1.54, 1.807) is 7.11 Å². The van der Waals surface area contributed by atoms with E-state index in [2.05, 4.69) is 36.1 Å². The number of benzene rings is 3. The lowest BCUT2D eigenvalue weighted by Crippen LogP contribution is -2.49. The van der Waals surface area contributed by atoms with E-state index in [1.807, 2.05) is 30.3 Å². The van der Waals surface area contributed by atoms with E-state index in [-0.39, 0.29) is 12.2 Å². The van der Waals surface area contributed by atoms with Crippen LogP contribution in [0, 0.1) is 5.82 Å². The van der Waals surface area contributed by atoms with Crippen LogP contribution in [-0.2, 0) is 23.2 Å². The van der Waals surface area contributed by atoms with Crippen molar-refractivity contribution in [1.82, 2.24) is 0 Å². The molecule has 1 heterocycles. The first-order valence-corrected chi connectivity index (χ1v) is 10.4. The van der Waals surface area contributed by atoms with E-state index in [1.165, 1.54) is 23.3 Å². The lowest BCUT2D eigenvalue weighted by molar-refractivity contribution is -0.136. The minimum atomic E-state index is -0.798. The number of carboxylic acid groups (broad SMARTS) is 1. The average molecular weight is 419 g/mol. The molecule has 0 amide bonds. The van der Waals surface area contributed by atoms with Crippen LogP contribution >= 0.6 is 0 Å². The van der Waals surface area contributed by atoms with Gasteiger partial charge in [-0.05, 0) is 78.4 Å². The van der Waals surface area contributed by atoms with Gasteiger partial charge in [0, 0.05) is 18.7 Å². The number of ether oxygens (including phenoxy) is 1. The first-order valence-electron chi connectivity index (χ1n) is 10.4. The van der Waals surface area contributed by atoms with E-state index in [0.29, 0.717) is 6.42 Å². The van der Waals surface area contributed by atoms with Gasteiger partial charge >= 0.3 is 5.97 Å². The molecule has 4 rings (SSSR count). The Hall–Kier alpha value is -3.34. The van der Waals surface area contributed by atoms with E-state index in [9.17, 15) is 9.18 Å². The van der Waals surface area contributed by atoms with Crippen molar-refractivity contribution < 1.29 is 19.0 Å². The topological polar surface area (TPSA) is 49.8 Å². The van der Waals surface area contributed by atoms with Crippen molar-refractivity contribution in [3.63, 3.8) is 0 Å². The second kappa shape index (κ2) is 8.42. The summed E-state index contributed by atoms with van der Waals surface area (Å²) in [5.74, 6) is -0.218. The van der Waals surface area contributed by atoms with Gasteiger partial charge in [-0.3, -0.25) is 4.79 Å². The van der Waals surface area contributed by atoms with Crippen LogP contribution in [-0.4, -0.2) is 24.7 Å². The Balaban J connectivity index is 1.80. The molecule has 1 atom stereocenters. The summed E-state index contributed by atoms with van der Waals surface area (Å²) in [7, 11) is 1.67. The molecule has 0 bridgehead atoms. The maximum Gasteiger partial charge on any atom is 0.303 e. The minimum Gasteiger partial charge on any atom is -0.497 e. The van der Waals surface area contributed by atoms with E-state index in [4.69, 9.17) is 9.84 Å². The fourth-order valence-corrected chi connectivity index (χ4v) is 4.55. The van der Waals surface area contributed by atoms with Gasteiger partial charge in [0.15, 0.2) is 0 Å². The number of hydrogen-bond donors (Lipinski definition) is 1. The van der Waals surface area contributed by atoms with Crippen molar-refractivity contribution in [2.45, 2.75) is 31.7 Å². The fourth-order valence-electron chi connectivity index (χ4n) is 4.55. The summed E-state index contributed by atoms with van der Waals surface area (Å²) in [5.41, 5.74) is 5.00. The van der Waals surface area contributed by atoms with Crippen molar-refractivity contribution in [2.24, 2.45) is 0 Å². The SMILES string of the molecule is COc1ccc2c(c1)CCN(c1ccc(F)cc1)C2(C)c1ccc(CCC(=O)O)cc1. The summed E-state index contributed by atoms with van der Waals surface area (Å²) in [6.07, 6.45) is 1.47. The Morgan fingerprint density at radius 2 is 1.81 bits per heavy atom. The number of halogens is 1. The summed E-state index contributed by atoms with van der Waals surface area (Å²) in [4.78, 5) is 13.2. The molecule has 0 radical (unpaired) electrons. The predicted octanol–water partition coefficient (Wildman–Crippen LogP) is 5.18. The second-order valence-corrected chi connectivity index (χ2v) is 8.06. The zero-order valence-corrected chi connectivity index (χ0v) is 17.8. The summed E-state index contributed by atoms with van der Waals surface area (Å²) in [5, 5.41) is 8.96. The molecule has 0 saturated carbocycles. The quantitative estimate of drug-likeness (QED) is 0.598. The van der Waals surface area contributed by atoms with Crippen molar-refractivity contribution in [2.75, 3.05) is 18.6 Å². The molecule has 3 aromatic carbocycles. The molecule has 0 aliphatic carbocycles. The summed E-state index contributed by atoms with van der Waals surface area (Å²) in [6, 6.07) is 21.0. The number of carboxylic acids is 1. The number of rotatable bonds is 6. The number of fused-ring (bicyclic) bond motifs is 1. The van der Waals surface area contributed by atoms with Crippen LogP contribution in [0.2, 0.25) is 0 Å². The zero-order chi connectivity index (χ0) is 22.0. The first kappa shape index (κ1) is 20.9. The van der Waals surface area contributed by atoms with Crippen LogP contribution in [0.15, 0.2) is 66.7 Å². The lowest BCUT2D eigenvalue weighted by Gasteiger charge is -2.48. The average Bonchev–Trinajstić information content (AvgIpc) is 2.78. The fraction of sp³-hybridized carbons (Fsp3) is 0.269. The van der Waals surface area contributed by atoms with Crippen molar-refractivity contribution in [3.8, 4) is 5.75 Å². The Kier molecular flexibility index (Phi) is 5.68. The Morgan fingerprint density at radius 1 is 1.10 bits per heavy atom. The Morgan fingerprint density at radius 3 is 2.45 bits per heavy atom. The van der Waals surface area contributed by atoms with Crippen LogP contribution in [0.5, 0.6) is 5.75 Å². The van der Waals surface area contributed by atoms with Crippen LogP contribution in [0.25, 0.3) is 0 Å². The van der Waals surface area contributed by atoms with Crippen molar-refractivity contribution >= 4 is 11.7 Å². The monoisotopic (exact) mass is 419 g/mol. The second-order valence-electron chi connectivity index (χ2n) is 8.06. The maximum absolute atomic E-state index is 13.6. The Labute approximate surface area is 181 Å². The molecule has 0 spiro atoms. The van der Waals surface area contributed by atoms with Gasteiger partial charge in [0.05, 0.1) is 12.6 Å². The van der Waals surface area contributed by atoms with Gasteiger partial charge in [0.25, 0.3) is 0 Å². The molecule has 1 aliphatic rings. The third-order valence-electron chi connectivity index (χ3n) is 6.26. The van der Waals surface area contributed by atoms with Crippen molar-refractivity contribution in [1.29, 1.82) is 0 Å². The number of hydrogen-bond acceptors (Lipinski definition) is 3. The van der Waals surface area contributed by atoms with E-state index in [0.717, 1.165) is 35.5 Å². The Bertz CT molecular complexity index is 1080. The highest BCUT2D eigenvalue weighted by molar-refractivity contribution is 5.67. The number of methoxy groups -OCH3 is 1. The van der Waals surface area contributed by atoms with Gasteiger partial charge in [-0.25, -0.2) is 4.39 Å². The number of anilines is 1. The van der Waals surface area contributed by atoms with Gasteiger partial charge in [-0.2, -0.15) is 0 Å². The molecule has 4 nitrogen and oxygen atoms in total. The smallest absolute Gasteiger partial charge is 0.303 e. The van der Waals surface area contributed by atoms with Gasteiger partial charge < -0.3 is 14.7 Å². The van der Waals surface area contributed by atoms with Crippen LogP contribution in [0.1, 0.15) is 35.6 Å². The highest BCUT2D eigenvalue weighted by Crippen LogP contribution is 2.44. The molecular weight excluding hydrogens is 393 g/mol. The first-order chi connectivity index (χ1) is 14.9. The normalized spacial score (nSPS) is 17.8. The third kappa shape index (κ3) is 4.00. The predicted molar refractivity (Wildman–Crippen MR) is 119 cm³/mol. The van der Waals surface area contributed by atoms with Gasteiger partial charge in [-0.15, -0.1) is 0 Å². The molecule has 0 fully saturated rings. The van der Waals surface area contributed by atoms with E-state index >= 15 is 0 Å². The molecule has 0 aromatic heterocycles. The maximum atomic E-state index is 13.6. The summed E-state index contributed by atoms with van der Waals surface area (Å²) >= 11 is 0. The molecule has 0 saturated heterocycles. The van der Waals surface area contributed by atoms with E-state index < -0.39 is 11.5 Å². The van der Waals surface area contributed by atoms with Gasteiger partial charge in [0.2, 0.25) is 0 Å². The number of aliphatic carboxylic acids is 1. The van der Waals surface area contributed by atoms with Crippen LogP contribution < -0.4 is 9.64 Å². The number of nitrogens with zero attached hydrogens (tertiary/aromatic N) is 1. The van der Waals surface area contributed by atoms with Crippen molar-refractivity contribution in [3.05, 3.63) is 94.8 Å². The highest BCUT2D eigenvalue weighted by Gasteiger charge is 2.40. The molecule has 1 aliphatic heterocycles. The zero-order valence-electron chi connectivity index (χ0n) is 17.8. The molecule has 3 aromatic rings. The molecule has 1 unspecified atom stereocenters. The molecule has 31 heavy (non-hydrogen) atoms. The summed E-state index contributed by atoms with van der Waals surface area (Å²) < 4.78 is 19.0.